The van der Waals surface area contributed by atoms with E-state index in [1.165, 1.54) is 24.1 Å². The van der Waals surface area contributed by atoms with Crippen LogP contribution in [0.5, 0.6) is 5.75 Å². The average molecular weight is 416 g/mol. The van der Waals surface area contributed by atoms with Gasteiger partial charge in [-0.2, -0.15) is 0 Å². The van der Waals surface area contributed by atoms with Gasteiger partial charge in [-0.05, 0) is 42.1 Å². The Labute approximate surface area is 158 Å². The van der Waals surface area contributed by atoms with Gasteiger partial charge in [0.2, 0.25) is 0 Å². The Balaban J connectivity index is 1.77. The van der Waals surface area contributed by atoms with Gasteiger partial charge in [0.05, 0.1) is 28.8 Å². The molecule has 1 N–H and O–H groups in total. The van der Waals surface area contributed by atoms with E-state index in [2.05, 4.69) is 5.32 Å². The Hall–Kier alpha value is -1.42. The first-order valence-electron chi connectivity index (χ1n) is 8.16. The molecule has 1 fully saturated rings. The van der Waals surface area contributed by atoms with Crippen molar-refractivity contribution in [3.63, 3.8) is 0 Å². The molecular weight excluding hydrogens is 394 g/mol. The molecule has 9 heteroatoms. The van der Waals surface area contributed by atoms with Gasteiger partial charge in [-0.25, -0.2) is 16.8 Å². The molecule has 1 saturated heterocycles. The summed E-state index contributed by atoms with van der Waals surface area (Å²) < 4.78 is 55.2. The zero-order valence-corrected chi connectivity index (χ0v) is 16.7. The summed E-state index contributed by atoms with van der Waals surface area (Å²) in [6, 6.07) is 9.40. The summed E-state index contributed by atoms with van der Waals surface area (Å²) in [6.45, 7) is 0.537. The predicted molar refractivity (Wildman–Crippen MR) is 102 cm³/mol. The summed E-state index contributed by atoms with van der Waals surface area (Å²) in [5.41, 5.74) is 0. The molecule has 0 bridgehead atoms. The number of hydrogen-bond acceptors (Lipinski definition) is 7. The maximum atomic E-state index is 13.0. The fourth-order valence-electron chi connectivity index (χ4n) is 3.09. The highest BCUT2D eigenvalue weighted by Crippen LogP contribution is 2.27. The lowest BCUT2D eigenvalue weighted by Crippen LogP contribution is -2.44. The minimum absolute atomic E-state index is 0.116. The van der Waals surface area contributed by atoms with Gasteiger partial charge in [0.1, 0.15) is 5.75 Å². The van der Waals surface area contributed by atoms with Crippen molar-refractivity contribution in [2.24, 2.45) is 0 Å². The zero-order valence-electron chi connectivity index (χ0n) is 14.3. The van der Waals surface area contributed by atoms with E-state index >= 15 is 0 Å². The van der Waals surface area contributed by atoms with E-state index in [1.54, 1.807) is 23.5 Å². The number of sulfone groups is 2. The maximum absolute atomic E-state index is 13.0. The van der Waals surface area contributed by atoms with Crippen LogP contribution in [0.25, 0.3) is 0 Å². The maximum Gasteiger partial charge on any atom is 0.183 e. The molecule has 1 aromatic heterocycles. The molecule has 2 heterocycles. The quantitative estimate of drug-likeness (QED) is 0.738. The van der Waals surface area contributed by atoms with E-state index in [1.807, 2.05) is 17.5 Å². The number of thiophene rings is 1. The first-order valence-corrected chi connectivity index (χ1v) is 12.4. The SMILES string of the molecule is COc1ccc(S(=O)(=O)[C@@H]2CS(=O)(=O)C[C@H]2NCCc2cccs2)cc1. The Kier molecular flexibility index (Phi) is 5.71. The van der Waals surface area contributed by atoms with E-state index in [-0.39, 0.29) is 16.4 Å². The fourth-order valence-corrected chi connectivity index (χ4v) is 8.51. The first kappa shape index (κ1) is 19.3. The van der Waals surface area contributed by atoms with Gasteiger partial charge in [0.15, 0.2) is 19.7 Å². The van der Waals surface area contributed by atoms with Crippen LogP contribution in [0.4, 0.5) is 0 Å². The van der Waals surface area contributed by atoms with Crippen LogP contribution in [0.2, 0.25) is 0 Å². The second-order valence-corrected chi connectivity index (χ2v) is 11.6. The van der Waals surface area contributed by atoms with Crippen molar-refractivity contribution in [1.82, 2.24) is 5.32 Å². The molecule has 142 valence electrons. The van der Waals surface area contributed by atoms with Crippen molar-refractivity contribution < 1.29 is 21.6 Å². The van der Waals surface area contributed by atoms with Gasteiger partial charge in [-0.1, -0.05) is 6.07 Å². The second kappa shape index (κ2) is 7.67. The Morgan fingerprint density at radius 3 is 2.54 bits per heavy atom. The van der Waals surface area contributed by atoms with Crippen molar-refractivity contribution in [1.29, 1.82) is 0 Å². The van der Waals surface area contributed by atoms with Crippen LogP contribution in [-0.4, -0.2) is 53.3 Å². The van der Waals surface area contributed by atoms with E-state index < -0.39 is 31.0 Å². The van der Waals surface area contributed by atoms with Crippen LogP contribution in [0.3, 0.4) is 0 Å². The molecule has 0 unspecified atom stereocenters. The minimum atomic E-state index is -3.76. The third-order valence-corrected chi connectivity index (χ3v) is 9.55. The molecular formula is C17H21NO5S3. The van der Waals surface area contributed by atoms with Gasteiger partial charge >= 0.3 is 0 Å². The zero-order chi connectivity index (χ0) is 18.8. The molecule has 1 aliphatic rings. The third-order valence-electron chi connectivity index (χ3n) is 4.45. The molecule has 3 rings (SSSR count). The third kappa shape index (κ3) is 4.28. The minimum Gasteiger partial charge on any atom is -0.497 e. The standard InChI is InChI=1S/C17H21NO5S3/c1-23-13-4-6-15(7-5-13)26(21,22)17-12-25(19,20)11-16(17)18-9-8-14-3-2-10-24-14/h2-7,10,16-18H,8-9,11-12H2,1H3/t16-,17-/m1/s1. The average Bonchev–Trinajstić information content (AvgIpc) is 3.22. The van der Waals surface area contributed by atoms with Gasteiger partial charge < -0.3 is 10.1 Å². The highest BCUT2D eigenvalue weighted by molar-refractivity contribution is 7.96. The second-order valence-electron chi connectivity index (χ2n) is 6.23. The van der Waals surface area contributed by atoms with Crippen molar-refractivity contribution in [2.75, 3.05) is 25.2 Å². The molecule has 26 heavy (non-hydrogen) atoms. The molecule has 2 atom stereocenters. The Bertz CT molecular complexity index is 935. The van der Waals surface area contributed by atoms with E-state index in [4.69, 9.17) is 4.74 Å². The summed E-state index contributed by atoms with van der Waals surface area (Å²) in [5.74, 6) is 0.0452. The van der Waals surface area contributed by atoms with Crippen molar-refractivity contribution in [2.45, 2.75) is 22.6 Å². The molecule has 1 aromatic carbocycles. The first-order chi connectivity index (χ1) is 12.3. The fraction of sp³-hybridized carbons (Fsp3) is 0.412. The molecule has 0 spiro atoms. The lowest BCUT2D eigenvalue weighted by atomic mass is 10.2. The molecule has 1 aliphatic heterocycles. The number of rotatable bonds is 7. The summed E-state index contributed by atoms with van der Waals surface area (Å²) in [7, 11) is -5.66. The normalized spacial score (nSPS) is 22.3. The van der Waals surface area contributed by atoms with Crippen LogP contribution < -0.4 is 10.1 Å². The number of hydrogen-bond donors (Lipinski definition) is 1. The van der Waals surface area contributed by atoms with E-state index in [0.717, 1.165) is 6.42 Å². The van der Waals surface area contributed by atoms with E-state index in [9.17, 15) is 16.8 Å². The molecule has 2 aromatic rings. The topological polar surface area (TPSA) is 89.5 Å². The number of nitrogens with one attached hydrogen (secondary N) is 1. The van der Waals surface area contributed by atoms with Gasteiger partial charge in [0.25, 0.3) is 0 Å². The summed E-state index contributed by atoms with van der Waals surface area (Å²) in [5, 5.41) is 4.14. The largest absolute Gasteiger partial charge is 0.497 e. The molecule has 0 saturated carbocycles. The number of methoxy groups -OCH3 is 1. The van der Waals surface area contributed by atoms with Crippen LogP contribution in [-0.2, 0) is 26.1 Å². The Morgan fingerprint density at radius 2 is 1.92 bits per heavy atom. The van der Waals surface area contributed by atoms with Gasteiger partial charge in [-0.15, -0.1) is 11.3 Å². The summed E-state index contributed by atoms with van der Waals surface area (Å²) in [6.07, 6.45) is 0.740. The summed E-state index contributed by atoms with van der Waals surface area (Å²) >= 11 is 1.62. The van der Waals surface area contributed by atoms with Gasteiger partial charge in [0, 0.05) is 17.5 Å². The lowest BCUT2D eigenvalue weighted by Gasteiger charge is -2.20. The smallest absolute Gasteiger partial charge is 0.183 e. The van der Waals surface area contributed by atoms with Crippen LogP contribution in [0.15, 0.2) is 46.7 Å². The van der Waals surface area contributed by atoms with Crippen LogP contribution >= 0.6 is 11.3 Å². The van der Waals surface area contributed by atoms with Crippen LogP contribution in [0, 0.1) is 0 Å². The lowest BCUT2D eigenvalue weighted by molar-refractivity contribution is 0.414. The van der Waals surface area contributed by atoms with Crippen molar-refractivity contribution in [3.05, 3.63) is 46.7 Å². The van der Waals surface area contributed by atoms with Gasteiger partial charge in [-0.3, -0.25) is 0 Å². The van der Waals surface area contributed by atoms with Crippen molar-refractivity contribution in [3.8, 4) is 5.75 Å². The number of benzene rings is 1. The monoisotopic (exact) mass is 415 g/mol. The van der Waals surface area contributed by atoms with Crippen molar-refractivity contribution >= 4 is 31.0 Å². The predicted octanol–water partition coefficient (Wildman–Crippen LogP) is 1.53. The molecule has 0 aliphatic carbocycles. The molecule has 0 radical (unpaired) electrons. The van der Waals surface area contributed by atoms with Crippen LogP contribution in [0.1, 0.15) is 4.88 Å². The molecule has 6 nitrogen and oxygen atoms in total. The van der Waals surface area contributed by atoms with E-state index in [0.29, 0.717) is 12.3 Å². The summed E-state index contributed by atoms with van der Waals surface area (Å²) in [4.78, 5) is 1.29. The highest BCUT2D eigenvalue weighted by Gasteiger charge is 2.45. The highest BCUT2D eigenvalue weighted by atomic mass is 32.2. The number of ether oxygens (including phenoxy) is 1. The molecule has 0 amide bonds. The Morgan fingerprint density at radius 1 is 1.19 bits per heavy atom.